The van der Waals surface area contributed by atoms with E-state index in [1.807, 2.05) is 19.6 Å². The lowest BCUT2D eigenvalue weighted by Crippen LogP contribution is -2.65. The fraction of sp³-hybridized carbons (Fsp3) is 0.850. The summed E-state index contributed by atoms with van der Waals surface area (Å²) < 4.78 is 45.2. The van der Waals surface area contributed by atoms with Gasteiger partial charge in [-0.2, -0.15) is 0 Å². The quantitative estimate of drug-likeness (QED) is 0.107. The molecule has 35 heavy (non-hydrogen) atoms. The topological polar surface area (TPSA) is 81.7 Å². The average molecular weight is 617 g/mol. The van der Waals surface area contributed by atoms with Crippen LogP contribution in [0.3, 0.4) is 0 Å². The molecule has 0 amide bonds. The fourth-order valence-corrected chi connectivity index (χ4v) is 33.1. The Labute approximate surface area is 222 Å². The summed E-state index contributed by atoms with van der Waals surface area (Å²) in [7, 11) is -17.5. The van der Waals surface area contributed by atoms with Crippen LogP contribution < -0.4 is 0 Å². The van der Waals surface area contributed by atoms with Crippen molar-refractivity contribution < 1.29 is 34.2 Å². The molecular weight excluding hydrogens is 565 g/mol. The molecule has 0 spiro atoms. The maximum Gasteiger partial charge on any atom is 0.467 e. The highest BCUT2D eigenvalue weighted by Crippen LogP contribution is 2.33. The van der Waals surface area contributed by atoms with Gasteiger partial charge in [0.2, 0.25) is 0 Å². The van der Waals surface area contributed by atoms with E-state index in [1.54, 1.807) is 0 Å². The van der Waals surface area contributed by atoms with Gasteiger partial charge in [0.05, 0.1) is 6.26 Å². The van der Waals surface area contributed by atoms with E-state index in [0.717, 1.165) is 6.26 Å². The molecule has 0 heterocycles. The Morgan fingerprint density at radius 1 is 0.571 bits per heavy atom. The molecule has 0 aliphatic carbocycles. The minimum Gasteiger partial charge on any atom is -0.435 e. The van der Waals surface area contributed by atoms with Crippen LogP contribution in [0.4, 0.5) is 0 Å². The highest BCUT2D eigenvalue weighted by atomic mass is 28.5. The summed E-state index contributed by atoms with van der Waals surface area (Å²) in [6.07, 6.45) is 1.27. The van der Waals surface area contributed by atoms with E-state index in [4.69, 9.17) is 29.4 Å². The molecule has 0 bridgehead atoms. The van der Waals surface area contributed by atoms with Gasteiger partial charge in [-0.05, 0) is 85.1 Å². The van der Waals surface area contributed by atoms with Crippen LogP contribution in [-0.4, -0.2) is 65.4 Å². The van der Waals surface area contributed by atoms with Gasteiger partial charge in [0.25, 0.3) is 0 Å². The number of carbonyl (C=O) groups excluding carboxylic acids is 1. The minimum absolute atomic E-state index is 0.128. The number of hydrogen-bond acceptors (Lipinski definition) is 8. The van der Waals surface area contributed by atoms with E-state index >= 15 is 0 Å². The molecule has 208 valence electrons. The molecule has 0 aromatic carbocycles. The minimum atomic E-state index is -3.14. The van der Waals surface area contributed by atoms with Crippen molar-refractivity contribution in [1.82, 2.24) is 0 Å². The monoisotopic (exact) mass is 616 g/mol. The summed E-state index contributed by atoms with van der Waals surface area (Å²) in [6, 6.07) is 0.360. The molecule has 15 heteroatoms. The lowest BCUT2D eigenvalue weighted by molar-refractivity contribution is -0.137. The first-order valence-electron chi connectivity index (χ1n) is 12.2. The molecule has 0 radical (unpaired) electrons. The molecule has 0 saturated carbocycles. The summed E-state index contributed by atoms with van der Waals surface area (Å²) in [6.45, 7) is 34.8. The van der Waals surface area contributed by atoms with E-state index in [0.29, 0.717) is 6.04 Å². The largest absolute Gasteiger partial charge is 0.467 e. The first-order chi connectivity index (χ1) is 15.2. The van der Waals surface area contributed by atoms with Crippen molar-refractivity contribution in [3.8, 4) is 0 Å². The maximum absolute atomic E-state index is 12.3. The highest BCUT2D eigenvalue weighted by Gasteiger charge is 2.55. The van der Waals surface area contributed by atoms with Gasteiger partial charge in [0.15, 0.2) is 33.3 Å². The molecule has 0 aromatic heterocycles. The van der Waals surface area contributed by atoms with Crippen LogP contribution in [0.5, 0.6) is 0 Å². The Kier molecular flexibility index (Phi) is 12.7. The van der Waals surface area contributed by atoms with Gasteiger partial charge in [-0.1, -0.05) is 6.58 Å². The van der Waals surface area contributed by atoms with Crippen molar-refractivity contribution in [2.24, 2.45) is 0 Å². The van der Waals surface area contributed by atoms with Crippen LogP contribution in [0.1, 0.15) is 6.42 Å². The molecule has 0 atom stereocenters. The average Bonchev–Trinajstić information content (AvgIpc) is 2.43. The first-order valence-corrected chi connectivity index (χ1v) is 32.8. The third-order valence-corrected chi connectivity index (χ3v) is 27.1. The molecule has 0 aliphatic heterocycles. The van der Waals surface area contributed by atoms with Crippen LogP contribution in [0.2, 0.25) is 104 Å². The second kappa shape index (κ2) is 12.6. The number of hydrogen-bond donors (Lipinski definition) is 0. The van der Waals surface area contributed by atoms with E-state index in [9.17, 15) is 4.79 Å². The normalized spacial score (nSPS) is 14.7. The highest BCUT2D eigenvalue weighted by molar-refractivity contribution is 6.92. The van der Waals surface area contributed by atoms with Gasteiger partial charge < -0.3 is 29.4 Å². The van der Waals surface area contributed by atoms with Gasteiger partial charge in [0.1, 0.15) is 0 Å². The Balaban J connectivity index is 6.46. The molecule has 0 saturated heterocycles. The zero-order chi connectivity index (χ0) is 28.1. The second-order valence-electron chi connectivity index (χ2n) is 13.1. The Bertz CT molecular complexity index is 632. The third kappa shape index (κ3) is 17.6. The maximum atomic E-state index is 12.3. The molecule has 8 nitrogen and oxygen atoms in total. The summed E-state index contributed by atoms with van der Waals surface area (Å²) >= 11 is 0. The van der Waals surface area contributed by atoms with E-state index < -0.39 is 59.4 Å². The second-order valence-corrected chi connectivity index (χ2v) is 41.1. The number of carbonyl (C=O) groups is 1. The van der Waals surface area contributed by atoms with Crippen molar-refractivity contribution in [2.45, 2.75) is 111 Å². The predicted molar refractivity (Wildman–Crippen MR) is 160 cm³/mol. The number of ether oxygens (including phenoxy) is 1. The Morgan fingerprint density at radius 2 is 0.857 bits per heavy atom. The van der Waals surface area contributed by atoms with E-state index in [-0.39, 0.29) is 12.4 Å². The standard InChI is InChI=1S/C20H52O8Si7/c1-17-22-20(21)18-19-33(14,27-34(15,23-29(2,3)4)24-30(5,6)7)28-35(16,25-31(8,9)10)26-32(11,12)13/h17H,1,18-19H2,2-16H3. The van der Waals surface area contributed by atoms with Crippen molar-refractivity contribution >= 4 is 65.4 Å². The first kappa shape index (κ1) is 35.5. The van der Waals surface area contributed by atoms with Gasteiger partial charge in [-0.3, -0.25) is 4.79 Å². The number of rotatable bonds is 16. The Morgan fingerprint density at radius 3 is 1.09 bits per heavy atom. The lowest BCUT2D eigenvalue weighted by atomic mass is 10.5. The zero-order valence-corrected chi connectivity index (χ0v) is 32.0. The molecule has 0 aliphatic rings. The number of esters is 1. The van der Waals surface area contributed by atoms with Crippen molar-refractivity contribution in [2.75, 3.05) is 0 Å². The lowest BCUT2D eigenvalue weighted by Gasteiger charge is -2.46. The van der Waals surface area contributed by atoms with E-state index in [2.05, 4.69) is 85.1 Å². The van der Waals surface area contributed by atoms with Gasteiger partial charge in [0, 0.05) is 25.6 Å². The van der Waals surface area contributed by atoms with Crippen LogP contribution >= 0.6 is 0 Å². The van der Waals surface area contributed by atoms with Gasteiger partial charge >= 0.3 is 32.1 Å². The molecule has 0 aromatic rings. The van der Waals surface area contributed by atoms with Crippen LogP contribution in [-0.2, 0) is 34.2 Å². The van der Waals surface area contributed by atoms with Crippen LogP contribution in [0, 0.1) is 0 Å². The van der Waals surface area contributed by atoms with Crippen molar-refractivity contribution in [3.05, 3.63) is 12.8 Å². The van der Waals surface area contributed by atoms with Gasteiger partial charge in [-0.25, -0.2) is 0 Å². The van der Waals surface area contributed by atoms with E-state index in [1.165, 1.54) is 0 Å². The third-order valence-electron chi connectivity index (χ3n) is 3.77. The SMILES string of the molecule is C=COC(=O)CC[Si](C)(O[Si](C)(O[Si](C)(C)C)O[Si](C)(C)C)O[Si](C)(O[Si](C)(C)C)O[Si](C)(C)C. The van der Waals surface area contributed by atoms with Crippen LogP contribution in [0.15, 0.2) is 12.8 Å². The van der Waals surface area contributed by atoms with Gasteiger partial charge in [-0.15, -0.1) is 0 Å². The molecule has 0 rings (SSSR count). The Hall–Kier alpha value is 0.488. The summed E-state index contributed by atoms with van der Waals surface area (Å²) in [5, 5.41) is 0. The summed E-state index contributed by atoms with van der Waals surface area (Å²) in [5.41, 5.74) is 0. The molecule has 0 N–H and O–H groups in total. The smallest absolute Gasteiger partial charge is 0.435 e. The zero-order valence-electron chi connectivity index (χ0n) is 25.0. The molecule has 0 unspecified atom stereocenters. The molecular formula is C20H52O8Si7. The fourth-order valence-electron chi connectivity index (χ4n) is 3.74. The van der Waals surface area contributed by atoms with Crippen molar-refractivity contribution in [1.29, 1.82) is 0 Å². The summed E-state index contributed by atoms with van der Waals surface area (Å²) in [4.78, 5) is 12.3. The summed E-state index contributed by atoms with van der Waals surface area (Å²) in [5.74, 6) is -0.382. The van der Waals surface area contributed by atoms with Crippen LogP contribution in [0.25, 0.3) is 0 Å². The predicted octanol–water partition coefficient (Wildman–Crippen LogP) is 6.71. The van der Waals surface area contributed by atoms with Crippen molar-refractivity contribution in [3.63, 3.8) is 0 Å². The molecule has 0 fully saturated rings.